The monoisotopic (exact) mass is 273 g/mol. The molecule has 0 amide bonds. The Morgan fingerprint density at radius 1 is 1.47 bits per heavy atom. The van der Waals surface area contributed by atoms with E-state index in [9.17, 15) is 4.79 Å². The number of nitrogens with zero attached hydrogens (tertiary/aromatic N) is 1. The molecule has 0 aromatic carbocycles. The van der Waals surface area contributed by atoms with Crippen LogP contribution in [0.25, 0.3) is 0 Å². The molecule has 1 aliphatic rings. The highest BCUT2D eigenvalue weighted by Crippen LogP contribution is 2.41. The molecule has 2 rings (SSSR count). The van der Waals surface area contributed by atoms with E-state index in [0.717, 1.165) is 5.69 Å². The van der Waals surface area contributed by atoms with Gasteiger partial charge in [0.05, 0.1) is 17.0 Å². The molecule has 98 valence electrons. The Balaban J connectivity index is 2.29. The molecule has 0 aliphatic carbocycles. The van der Waals surface area contributed by atoms with Crippen LogP contribution >= 0.6 is 11.8 Å². The first kappa shape index (κ1) is 13.6. The second-order valence-corrected chi connectivity index (χ2v) is 5.08. The summed E-state index contributed by atoms with van der Waals surface area (Å²) in [6.07, 6.45) is 11.0. The predicted octanol–water partition coefficient (Wildman–Crippen LogP) is 3.21. The Bertz CT molecular complexity index is 522. The zero-order valence-corrected chi connectivity index (χ0v) is 11.5. The van der Waals surface area contributed by atoms with Gasteiger partial charge in [0.25, 0.3) is 0 Å². The number of allylic oxidation sites excluding steroid dienone is 2. The fraction of sp³-hybridized carbons (Fsp3) is 0.200. The van der Waals surface area contributed by atoms with Crippen LogP contribution in [0, 0.1) is 0 Å². The molecule has 4 heteroatoms. The maximum atomic E-state index is 11.5. The van der Waals surface area contributed by atoms with Crippen LogP contribution in [0.4, 0.5) is 0 Å². The zero-order valence-electron chi connectivity index (χ0n) is 10.7. The average Bonchev–Trinajstić information content (AvgIpc) is 2.47. The van der Waals surface area contributed by atoms with E-state index in [0.29, 0.717) is 6.61 Å². The van der Waals surface area contributed by atoms with Crippen molar-refractivity contribution in [2.75, 3.05) is 6.61 Å². The van der Waals surface area contributed by atoms with Gasteiger partial charge in [-0.1, -0.05) is 30.4 Å². The lowest BCUT2D eigenvalue weighted by molar-refractivity contribution is -0.137. The Morgan fingerprint density at radius 2 is 2.37 bits per heavy atom. The fourth-order valence-electron chi connectivity index (χ4n) is 1.74. The molecule has 3 nitrogen and oxygen atoms in total. The summed E-state index contributed by atoms with van der Waals surface area (Å²) in [4.78, 5) is 15.9. The predicted molar refractivity (Wildman–Crippen MR) is 77.6 cm³/mol. The van der Waals surface area contributed by atoms with Crippen LogP contribution in [0.2, 0.25) is 0 Å². The van der Waals surface area contributed by atoms with E-state index in [1.165, 1.54) is 6.08 Å². The maximum absolute atomic E-state index is 11.5. The molecule has 0 spiro atoms. The molecule has 1 unspecified atom stereocenters. The highest BCUT2D eigenvalue weighted by molar-refractivity contribution is 8.03. The van der Waals surface area contributed by atoms with Gasteiger partial charge in [-0.3, -0.25) is 4.98 Å². The Hall–Kier alpha value is -1.81. The summed E-state index contributed by atoms with van der Waals surface area (Å²) >= 11 is 1.60. The van der Waals surface area contributed by atoms with Gasteiger partial charge in [-0.2, -0.15) is 0 Å². The van der Waals surface area contributed by atoms with E-state index in [4.69, 9.17) is 4.74 Å². The van der Waals surface area contributed by atoms with Gasteiger partial charge < -0.3 is 4.74 Å². The van der Waals surface area contributed by atoms with Crippen molar-refractivity contribution in [3.8, 4) is 0 Å². The summed E-state index contributed by atoms with van der Waals surface area (Å²) in [7, 11) is 0. The zero-order chi connectivity index (χ0) is 13.6. The van der Waals surface area contributed by atoms with Gasteiger partial charge in [-0.15, -0.1) is 11.8 Å². The van der Waals surface area contributed by atoms with Crippen LogP contribution in [0.1, 0.15) is 12.6 Å². The standard InChI is InChI=1S/C15H15NO2S/c1-2-18-14(17)8-10-15(9-4-6-12-19-15)13-7-3-5-11-16-13/h3-12H,2H2,1H3. The number of carbonyl (C=O) groups excluding carboxylic acids is 1. The van der Waals surface area contributed by atoms with Crippen LogP contribution in [0.5, 0.6) is 0 Å². The minimum absolute atomic E-state index is 0.332. The molecule has 1 aromatic heterocycles. The van der Waals surface area contributed by atoms with Crippen molar-refractivity contribution in [2.45, 2.75) is 11.7 Å². The second kappa shape index (κ2) is 6.38. The van der Waals surface area contributed by atoms with Crippen molar-refractivity contribution in [1.82, 2.24) is 4.98 Å². The van der Waals surface area contributed by atoms with E-state index in [1.807, 2.05) is 47.9 Å². The molecule has 0 saturated heterocycles. The van der Waals surface area contributed by atoms with Crippen LogP contribution < -0.4 is 0 Å². The molecule has 1 atom stereocenters. The highest BCUT2D eigenvalue weighted by Gasteiger charge is 2.29. The molecule has 0 saturated carbocycles. The van der Waals surface area contributed by atoms with E-state index in [2.05, 4.69) is 4.98 Å². The average molecular weight is 273 g/mol. The van der Waals surface area contributed by atoms with Crippen LogP contribution in [-0.4, -0.2) is 17.6 Å². The first-order chi connectivity index (χ1) is 9.27. The molecule has 1 aromatic rings. The Labute approximate surface area is 117 Å². The third-order valence-electron chi connectivity index (χ3n) is 2.62. The second-order valence-electron chi connectivity index (χ2n) is 3.90. The summed E-state index contributed by atoms with van der Waals surface area (Å²) in [5, 5.41) is 1.99. The van der Waals surface area contributed by atoms with Crippen molar-refractivity contribution in [3.05, 3.63) is 65.9 Å². The molecule has 0 N–H and O–H groups in total. The van der Waals surface area contributed by atoms with Gasteiger partial charge >= 0.3 is 5.97 Å². The lowest BCUT2D eigenvalue weighted by atomic mass is 10.0. The lowest BCUT2D eigenvalue weighted by Gasteiger charge is -2.26. The van der Waals surface area contributed by atoms with Gasteiger partial charge in [-0.05, 0) is 24.5 Å². The SMILES string of the molecule is CCOC(=O)C=CC1(c2ccccn2)C=CC=CS1. The Kier molecular flexibility index (Phi) is 4.58. The van der Waals surface area contributed by atoms with Crippen molar-refractivity contribution in [3.63, 3.8) is 0 Å². The quantitative estimate of drug-likeness (QED) is 0.624. The van der Waals surface area contributed by atoms with Crippen LogP contribution in [0.3, 0.4) is 0 Å². The van der Waals surface area contributed by atoms with E-state index in [-0.39, 0.29) is 5.97 Å². The summed E-state index contributed by atoms with van der Waals surface area (Å²) < 4.78 is 4.47. The van der Waals surface area contributed by atoms with Gasteiger partial charge in [0.15, 0.2) is 0 Å². The van der Waals surface area contributed by atoms with Crippen molar-refractivity contribution in [2.24, 2.45) is 0 Å². The molecule has 2 heterocycles. The minimum atomic E-state index is -0.442. The normalized spacial score (nSPS) is 21.7. The van der Waals surface area contributed by atoms with E-state index < -0.39 is 4.75 Å². The molecule has 0 radical (unpaired) electrons. The van der Waals surface area contributed by atoms with Gasteiger partial charge in [0.1, 0.15) is 0 Å². The molecule has 0 fully saturated rings. The topological polar surface area (TPSA) is 39.2 Å². The third kappa shape index (κ3) is 3.35. The summed E-state index contributed by atoms with van der Waals surface area (Å²) in [6, 6.07) is 5.76. The summed E-state index contributed by atoms with van der Waals surface area (Å²) in [6.45, 7) is 2.17. The molecule has 1 aliphatic heterocycles. The molecule has 0 bridgehead atoms. The number of rotatable bonds is 4. The first-order valence-electron chi connectivity index (χ1n) is 6.06. The third-order valence-corrected chi connectivity index (χ3v) is 3.78. The van der Waals surface area contributed by atoms with E-state index >= 15 is 0 Å². The summed E-state index contributed by atoms with van der Waals surface area (Å²) in [5.41, 5.74) is 0.890. The molecule has 19 heavy (non-hydrogen) atoms. The van der Waals surface area contributed by atoms with Crippen LogP contribution in [0.15, 0.2) is 60.2 Å². The fourth-order valence-corrected chi connectivity index (χ4v) is 2.68. The number of thioether (sulfide) groups is 1. The number of pyridine rings is 1. The number of aromatic nitrogens is 1. The number of esters is 1. The number of hydrogen-bond acceptors (Lipinski definition) is 4. The highest BCUT2D eigenvalue weighted by atomic mass is 32.2. The molecular weight excluding hydrogens is 258 g/mol. The van der Waals surface area contributed by atoms with Crippen molar-refractivity contribution < 1.29 is 9.53 Å². The number of carbonyl (C=O) groups is 1. The van der Waals surface area contributed by atoms with Gasteiger partial charge in [0.2, 0.25) is 0 Å². The minimum Gasteiger partial charge on any atom is -0.463 e. The first-order valence-corrected chi connectivity index (χ1v) is 6.94. The largest absolute Gasteiger partial charge is 0.463 e. The van der Waals surface area contributed by atoms with Crippen LogP contribution in [-0.2, 0) is 14.3 Å². The lowest BCUT2D eigenvalue weighted by Crippen LogP contribution is -2.18. The smallest absolute Gasteiger partial charge is 0.330 e. The maximum Gasteiger partial charge on any atom is 0.330 e. The van der Waals surface area contributed by atoms with Crippen molar-refractivity contribution in [1.29, 1.82) is 0 Å². The summed E-state index contributed by atoms with van der Waals surface area (Å²) in [5.74, 6) is -0.332. The van der Waals surface area contributed by atoms with Crippen molar-refractivity contribution >= 4 is 17.7 Å². The number of hydrogen-bond donors (Lipinski definition) is 0. The van der Waals surface area contributed by atoms with E-state index in [1.54, 1.807) is 24.9 Å². The Morgan fingerprint density at radius 3 is 3.00 bits per heavy atom. The van der Waals surface area contributed by atoms with Gasteiger partial charge in [-0.25, -0.2) is 4.79 Å². The molecular formula is C15H15NO2S. The number of ether oxygens (including phenoxy) is 1. The van der Waals surface area contributed by atoms with Gasteiger partial charge in [0, 0.05) is 12.3 Å².